The molecule has 0 aromatic heterocycles. The molecule has 0 aliphatic carbocycles. The van der Waals surface area contributed by atoms with Crippen molar-refractivity contribution in [2.45, 2.75) is 45.3 Å². The molecular weight excluding hydrogens is 192 g/mol. The number of nitrogens with zero attached hydrogens (tertiary/aromatic N) is 1. The van der Waals surface area contributed by atoms with Gasteiger partial charge in [-0.1, -0.05) is 13.3 Å². The number of amides is 1. The van der Waals surface area contributed by atoms with Crippen molar-refractivity contribution < 1.29 is 9.90 Å². The summed E-state index contributed by atoms with van der Waals surface area (Å²) in [5, 5.41) is 12.7. The molecule has 0 bridgehead atoms. The molecule has 0 aromatic rings. The van der Waals surface area contributed by atoms with E-state index >= 15 is 0 Å². The first-order chi connectivity index (χ1) is 6.95. The van der Waals surface area contributed by atoms with Crippen molar-refractivity contribution in [1.82, 2.24) is 10.2 Å². The largest absolute Gasteiger partial charge is 0.387 e. The lowest BCUT2D eigenvalue weighted by Crippen LogP contribution is -2.63. The second kappa shape index (κ2) is 4.94. The summed E-state index contributed by atoms with van der Waals surface area (Å²) < 4.78 is 0. The molecule has 0 saturated carbocycles. The van der Waals surface area contributed by atoms with Crippen LogP contribution in [0.4, 0.5) is 0 Å². The zero-order chi connectivity index (χ0) is 11.5. The second-order valence-electron chi connectivity index (χ2n) is 4.84. The molecule has 1 amide bonds. The molecule has 1 aliphatic heterocycles. The minimum absolute atomic E-state index is 0.0450. The molecule has 0 radical (unpaired) electrons. The molecule has 1 heterocycles. The maximum Gasteiger partial charge on any atom is 0.234 e. The molecule has 4 nitrogen and oxygen atoms in total. The molecule has 0 unspecified atom stereocenters. The Kier molecular flexibility index (Phi) is 4.11. The van der Waals surface area contributed by atoms with Crippen LogP contribution in [0.25, 0.3) is 0 Å². The van der Waals surface area contributed by atoms with Crippen molar-refractivity contribution in [3.8, 4) is 0 Å². The van der Waals surface area contributed by atoms with Crippen molar-refractivity contribution in [3.63, 3.8) is 0 Å². The van der Waals surface area contributed by atoms with Crippen molar-refractivity contribution in [1.29, 1.82) is 0 Å². The molecule has 15 heavy (non-hydrogen) atoms. The standard InChI is InChI=1S/C11H22N2O2/c1-4-5-11(15)7-13(8-11)6-10(14)12-9(2)3/h9,15H,4-8H2,1-3H3,(H,12,14). The SMILES string of the molecule is CCCC1(O)CN(CC(=O)NC(C)C)C1. The summed E-state index contributed by atoms with van der Waals surface area (Å²) in [4.78, 5) is 13.4. The number of β-amino-alcohol motifs (C(OH)–C–C–N with tert-alkyl or cyclic N) is 1. The Morgan fingerprint density at radius 1 is 1.53 bits per heavy atom. The van der Waals surface area contributed by atoms with Gasteiger partial charge in [-0.3, -0.25) is 9.69 Å². The minimum Gasteiger partial charge on any atom is -0.387 e. The summed E-state index contributed by atoms with van der Waals surface area (Å²) >= 11 is 0. The Morgan fingerprint density at radius 2 is 2.13 bits per heavy atom. The van der Waals surface area contributed by atoms with Gasteiger partial charge in [0.2, 0.25) is 5.91 Å². The zero-order valence-corrected chi connectivity index (χ0v) is 9.92. The Hall–Kier alpha value is -0.610. The van der Waals surface area contributed by atoms with Gasteiger partial charge >= 0.3 is 0 Å². The van der Waals surface area contributed by atoms with Crippen molar-refractivity contribution in [2.75, 3.05) is 19.6 Å². The van der Waals surface area contributed by atoms with E-state index in [-0.39, 0.29) is 11.9 Å². The van der Waals surface area contributed by atoms with Crippen LogP contribution in [0.3, 0.4) is 0 Å². The Bertz CT molecular complexity index is 223. The number of rotatable bonds is 5. The molecular formula is C11H22N2O2. The highest BCUT2D eigenvalue weighted by Crippen LogP contribution is 2.24. The molecule has 4 heteroatoms. The van der Waals surface area contributed by atoms with Crippen LogP contribution in [-0.4, -0.2) is 47.2 Å². The molecule has 1 saturated heterocycles. The quantitative estimate of drug-likeness (QED) is 0.694. The summed E-state index contributed by atoms with van der Waals surface area (Å²) in [6, 6.07) is 0.188. The van der Waals surface area contributed by atoms with Gasteiger partial charge in [0.1, 0.15) is 0 Å². The molecule has 0 spiro atoms. The van der Waals surface area contributed by atoms with Gasteiger partial charge < -0.3 is 10.4 Å². The summed E-state index contributed by atoms with van der Waals surface area (Å²) in [5.41, 5.74) is -0.535. The van der Waals surface area contributed by atoms with Crippen molar-refractivity contribution >= 4 is 5.91 Å². The van der Waals surface area contributed by atoms with Crippen LogP contribution in [-0.2, 0) is 4.79 Å². The fourth-order valence-electron chi connectivity index (χ4n) is 2.09. The summed E-state index contributed by atoms with van der Waals surface area (Å²) in [6.07, 6.45) is 1.82. The van der Waals surface area contributed by atoms with Gasteiger partial charge in [0.05, 0.1) is 12.1 Å². The molecule has 88 valence electrons. The van der Waals surface area contributed by atoms with Crippen LogP contribution in [0.15, 0.2) is 0 Å². The first kappa shape index (κ1) is 12.5. The lowest BCUT2D eigenvalue weighted by molar-refractivity contribution is -0.134. The fourth-order valence-corrected chi connectivity index (χ4v) is 2.09. The number of aliphatic hydroxyl groups is 1. The van der Waals surface area contributed by atoms with Gasteiger partial charge in [-0.05, 0) is 20.3 Å². The summed E-state index contributed by atoms with van der Waals surface area (Å²) in [7, 11) is 0. The molecule has 1 aliphatic rings. The first-order valence-electron chi connectivity index (χ1n) is 5.69. The summed E-state index contributed by atoms with van der Waals surface area (Å²) in [6.45, 7) is 7.62. The van der Waals surface area contributed by atoms with E-state index in [0.29, 0.717) is 19.6 Å². The predicted octanol–water partition coefficient (Wildman–Crippen LogP) is 0.358. The summed E-state index contributed by atoms with van der Waals surface area (Å²) in [5.74, 6) is 0.0450. The van der Waals surface area contributed by atoms with E-state index in [4.69, 9.17) is 0 Å². The van der Waals surface area contributed by atoms with E-state index in [0.717, 1.165) is 12.8 Å². The number of likely N-dealkylation sites (tertiary alicyclic amines) is 1. The van der Waals surface area contributed by atoms with Gasteiger partial charge in [0.25, 0.3) is 0 Å². The Morgan fingerprint density at radius 3 is 2.60 bits per heavy atom. The van der Waals surface area contributed by atoms with Gasteiger partial charge in [0, 0.05) is 19.1 Å². The zero-order valence-electron chi connectivity index (χ0n) is 9.92. The van der Waals surface area contributed by atoms with E-state index in [1.165, 1.54) is 0 Å². The average molecular weight is 214 g/mol. The number of hydrogen-bond acceptors (Lipinski definition) is 3. The van der Waals surface area contributed by atoms with Gasteiger partial charge in [-0.25, -0.2) is 0 Å². The number of nitrogens with one attached hydrogen (secondary N) is 1. The van der Waals surface area contributed by atoms with Crippen molar-refractivity contribution in [2.24, 2.45) is 0 Å². The van der Waals surface area contributed by atoms with E-state index in [2.05, 4.69) is 12.2 Å². The van der Waals surface area contributed by atoms with Crippen LogP contribution < -0.4 is 5.32 Å². The maximum atomic E-state index is 11.4. The third-order valence-electron chi connectivity index (χ3n) is 2.57. The molecule has 1 rings (SSSR count). The van der Waals surface area contributed by atoms with Gasteiger partial charge in [-0.15, -0.1) is 0 Å². The third-order valence-corrected chi connectivity index (χ3v) is 2.57. The maximum absolute atomic E-state index is 11.4. The van der Waals surface area contributed by atoms with E-state index in [9.17, 15) is 9.90 Å². The number of hydrogen-bond donors (Lipinski definition) is 2. The highest BCUT2D eigenvalue weighted by Gasteiger charge is 2.40. The Balaban J connectivity index is 2.19. The van der Waals surface area contributed by atoms with Crippen LogP contribution in [0.5, 0.6) is 0 Å². The lowest BCUT2D eigenvalue weighted by atomic mass is 9.89. The fraction of sp³-hybridized carbons (Fsp3) is 0.909. The first-order valence-corrected chi connectivity index (χ1v) is 5.69. The third kappa shape index (κ3) is 3.80. The van der Waals surface area contributed by atoms with Gasteiger partial charge in [0.15, 0.2) is 0 Å². The second-order valence-corrected chi connectivity index (χ2v) is 4.84. The smallest absolute Gasteiger partial charge is 0.234 e. The van der Waals surface area contributed by atoms with E-state index in [1.54, 1.807) is 0 Å². The molecule has 1 fully saturated rings. The molecule has 2 N–H and O–H groups in total. The number of carbonyl (C=O) groups excluding carboxylic acids is 1. The van der Waals surface area contributed by atoms with Gasteiger partial charge in [-0.2, -0.15) is 0 Å². The minimum atomic E-state index is -0.535. The van der Waals surface area contributed by atoms with Crippen molar-refractivity contribution in [3.05, 3.63) is 0 Å². The predicted molar refractivity (Wildman–Crippen MR) is 59.6 cm³/mol. The molecule has 0 aromatic carbocycles. The highest BCUT2D eigenvalue weighted by molar-refractivity contribution is 5.78. The Labute approximate surface area is 91.6 Å². The lowest BCUT2D eigenvalue weighted by Gasteiger charge is -2.46. The molecule has 0 atom stereocenters. The van der Waals surface area contributed by atoms with Crippen LogP contribution in [0.2, 0.25) is 0 Å². The number of carbonyl (C=O) groups is 1. The van der Waals surface area contributed by atoms with Crippen LogP contribution >= 0.6 is 0 Å². The average Bonchev–Trinajstić information content (AvgIpc) is 1.99. The van der Waals surface area contributed by atoms with Crippen LogP contribution in [0.1, 0.15) is 33.6 Å². The topological polar surface area (TPSA) is 52.6 Å². The normalized spacial score (nSPS) is 20.1. The van der Waals surface area contributed by atoms with Crippen LogP contribution in [0, 0.1) is 0 Å². The van der Waals surface area contributed by atoms with E-state index in [1.807, 2.05) is 18.7 Å². The highest BCUT2D eigenvalue weighted by atomic mass is 16.3. The van der Waals surface area contributed by atoms with E-state index < -0.39 is 5.60 Å². The monoisotopic (exact) mass is 214 g/mol.